The maximum Gasteiger partial charge on any atom is 0.320 e. The van der Waals surface area contributed by atoms with Crippen LogP contribution in [0, 0.1) is 0 Å². The van der Waals surface area contributed by atoms with Crippen molar-refractivity contribution in [2.24, 2.45) is 5.73 Å². The molecule has 0 radical (unpaired) electrons. The molecule has 0 saturated carbocycles. The summed E-state index contributed by atoms with van der Waals surface area (Å²) in [7, 11) is 1.71. The maximum absolute atomic E-state index is 10.9. The summed E-state index contributed by atoms with van der Waals surface area (Å²) in [6, 6.07) is 12.3. The molecule has 0 saturated heterocycles. The number of carboxylic acid groups (broad SMARTS) is 1. The molecular formula is C18H24ClN3O4. The molecule has 0 amide bonds. The average Bonchev–Trinajstić information content (AvgIpc) is 2.62. The largest absolute Gasteiger partial charge is 0.480 e. The lowest BCUT2D eigenvalue weighted by Gasteiger charge is -2.04. The number of pyridine rings is 1. The molecular weight excluding hydrogens is 358 g/mol. The van der Waals surface area contributed by atoms with E-state index < -0.39 is 12.0 Å². The number of aliphatic carboxylic acids is 1. The van der Waals surface area contributed by atoms with Crippen molar-refractivity contribution < 1.29 is 19.4 Å². The van der Waals surface area contributed by atoms with Gasteiger partial charge in [-0.05, 0) is 30.7 Å². The molecule has 0 aliphatic heterocycles. The number of likely N-dealkylation sites (N-methyl/N-ethyl adjacent to an activating group) is 1. The van der Waals surface area contributed by atoms with E-state index in [9.17, 15) is 9.59 Å². The standard InChI is InChI=1S/C10H13NO2.C8H10N2O2.ClH/c1-11-7-10(12)13-8-9-5-3-2-4-6-9;9-7(8(11)12)4-6-2-1-3-10-5-6;/h2-6,11H,7-8H2,1H3;1-3,5,7H,4,9H2,(H,11,12);1H. The normalized spacial score (nSPS) is 10.5. The van der Waals surface area contributed by atoms with Crippen LogP contribution in [0.15, 0.2) is 54.9 Å². The van der Waals surface area contributed by atoms with Gasteiger partial charge in [0.2, 0.25) is 0 Å². The summed E-state index contributed by atoms with van der Waals surface area (Å²) in [4.78, 5) is 25.1. The SMILES string of the molecule is CNCC(=O)OCc1ccccc1.Cl.NC(Cc1cccnc1)C(=O)O. The number of nitrogens with one attached hydrogen (secondary N) is 1. The van der Waals surface area contributed by atoms with E-state index in [-0.39, 0.29) is 24.9 Å². The number of carbonyl (C=O) groups excluding carboxylic acids is 1. The Balaban J connectivity index is 0.000000464. The summed E-state index contributed by atoms with van der Waals surface area (Å²) in [5.41, 5.74) is 7.17. The Labute approximate surface area is 159 Å². The van der Waals surface area contributed by atoms with Crippen LogP contribution in [-0.2, 0) is 27.4 Å². The molecule has 4 N–H and O–H groups in total. The number of nitrogens with two attached hydrogens (primary N) is 1. The van der Waals surface area contributed by atoms with Crippen LogP contribution in [0.4, 0.5) is 0 Å². The molecule has 8 heteroatoms. The highest BCUT2D eigenvalue weighted by Gasteiger charge is 2.11. The smallest absolute Gasteiger partial charge is 0.320 e. The van der Waals surface area contributed by atoms with Crippen LogP contribution in [-0.4, -0.2) is 41.7 Å². The van der Waals surface area contributed by atoms with Crippen molar-refractivity contribution in [2.45, 2.75) is 19.1 Å². The summed E-state index contributed by atoms with van der Waals surface area (Å²) in [6.07, 6.45) is 3.57. The number of ether oxygens (including phenoxy) is 1. The molecule has 0 fully saturated rings. The van der Waals surface area contributed by atoms with E-state index in [4.69, 9.17) is 15.6 Å². The van der Waals surface area contributed by atoms with Gasteiger partial charge in [0.05, 0.1) is 6.54 Å². The zero-order valence-corrected chi connectivity index (χ0v) is 15.3. The van der Waals surface area contributed by atoms with Gasteiger partial charge in [0.1, 0.15) is 12.6 Å². The third-order valence-electron chi connectivity index (χ3n) is 3.06. The Kier molecular flexibility index (Phi) is 12.5. The Bertz CT molecular complexity index is 641. The number of rotatable bonds is 7. The third-order valence-corrected chi connectivity index (χ3v) is 3.06. The zero-order chi connectivity index (χ0) is 18.5. The first kappa shape index (κ1) is 23.5. The van der Waals surface area contributed by atoms with E-state index in [0.717, 1.165) is 11.1 Å². The average molecular weight is 382 g/mol. The van der Waals surface area contributed by atoms with Crippen LogP contribution in [0.1, 0.15) is 11.1 Å². The number of hydrogen-bond donors (Lipinski definition) is 3. The van der Waals surface area contributed by atoms with Gasteiger partial charge >= 0.3 is 11.9 Å². The molecule has 2 aromatic rings. The molecule has 142 valence electrons. The quantitative estimate of drug-likeness (QED) is 0.621. The molecule has 0 aliphatic rings. The van der Waals surface area contributed by atoms with Gasteiger partial charge in [-0.2, -0.15) is 0 Å². The summed E-state index contributed by atoms with van der Waals surface area (Å²) in [6.45, 7) is 0.605. The van der Waals surface area contributed by atoms with E-state index in [1.807, 2.05) is 30.3 Å². The van der Waals surface area contributed by atoms with Gasteiger partial charge in [0.25, 0.3) is 0 Å². The first-order valence-electron chi connectivity index (χ1n) is 7.74. The van der Waals surface area contributed by atoms with Crippen molar-refractivity contribution in [3.63, 3.8) is 0 Å². The number of aromatic nitrogens is 1. The molecule has 26 heavy (non-hydrogen) atoms. The number of carboxylic acids is 1. The lowest BCUT2D eigenvalue weighted by atomic mass is 10.1. The Hall–Kier alpha value is -2.48. The molecule has 1 atom stereocenters. The number of benzene rings is 1. The highest BCUT2D eigenvalue weighted by molar-refractivity contribution is 5.85. The first-order chi connectivity index (χ1) is 12.0. The van der Waals surface area contributed by atoms with Crippen LogP contribution in [0.5, 0.6) is 0 Å². The third kappa shape index (κ3) is 10.4. The van der Waals surface area contributed by atoms with Gasteiger partial charge < -0.3 is 20.9 Å². The van der Waals surface area contributed by atoms with Crippen LogP contribution in [0.25, 0.3) is 0 Å². The van der Waals surface area contributed by atoms with E-state index in [2.05, 4.69) is 10.3 Å². The van der Waals surface area contributed by atoms with Gasteiger partial charge in [0, 0.05) is 12.4 Å². The van der Waals surface area contributed by atoms with E-state index in [0.29, 0.717) is 13.0 Å². The minimum absolute atomic E-state index is 0. The molecule has 7 nitrogen and oxygen atoms in total. The van der Waals surface area contributed by atoms with Crippen molar-refractivity contribution in [1.29, 1.82) is 0 Å². The molecule has 1 unspecified atom stereocenters. The fourth-order valence-electron chi connectivity index (χ4n) is 1.79. The molecule has 1 aromatic heterocycles. The molecule has 0 spiro atoms. The molecule has 1 aromatic carbocycles. The number of nitrogens with zero attached hydrogens (tertiary/aromatic N) is 1. The van der Waals surface area contributed by atoms with Crippen LogP contribution in [0.2, 0.25) is 0 Å². The van der Waals surface area contributed by atoms with Gasteiger partial charge in [-0.1, -0.05) is 36.4 Å². The molecule has 0 bridgehead atoms. The number of halogens is 1. The second kappa shape index (κ2) is 13.8. The van der Waals surface area contributed by atoms with Crippen molar-refractivity contribution in [1.82, 2.24) is 10.3 Å². The highest BCUT2D eigenvalue weighted by Crippen LogP contribution is 2.00. The number of carbonyl (C=O) groups is 2. The molecule has 2 rings (SSSR count). The highest BCUT2D eigenvalue weighted by atomic mass is 35.5. The fraction of sp³-hybridized carbons (Fsp3) is 0.278. The zero-order valence-electron chi connectivity index (χ0n) is 14.5. The maximum atomic E-state index is 10.9. The predicted octanol–water partition coefficient (Wildman–Crippen LogP) is 1.41. The Morgan fingerprint density at radius 2 is 1.85 bits per heavy atom. The predicted molar refractivity (Wildman–Crippen MR) is 101 cm³/mol. The Morgan fingerprint density at radius 1 is 1.19 bits per heavy atom. The first-order valence-corrected chi connectivity index (χ1v) is 7.74. The lowest BCUT2D eigenvalue weighted by Crippen LogP contribution is -2.32. The number of hydrogen-bond acceptors (Lipinski definition) is 6. The fourth-order valence-corrected chi connectivity index (χ4v) is 1.79. The van der Waals surface area contributed by atoms with Crippen LogP contribution < -0.4 is 11.1 Å². The molecule has 0 aliphatic carbocycles. The van der Waals surface area contributed by atoms with Gasteiger partial charge in [-0.25, -0.2) is 0 Å². The summed E-state index contributed by atoms with van der Waals surface area (Å²) >= 11 is 0. The van der Waals surface area contributed by atoms with Gasteiger partial charge in [-0.3, -0.25) is 14.6 Å². The van der Waals surface area contributed by atoms with Crippen LogP contribution >= 0.6 is 12.4 Å². The topological polar surface area (TPSA) is 115 Å². The van der Waals surface area contributed by atoms with Crippen LogP contribution in [0.3, 0.4) is 0 Å². The van der Waals surface area contributed by atoms with E-state index in [1.165, 1.54) is 0 Å². The van der Waals surface area contributed by atoms with Gasteiger partial charge in [-0.15, -0.1) is 12.4 Å². The van der Waals surface area contributed by atoms with E-state index >= 15 is 0 Å². The van der Waals surface area contributed by atoms with Crippen molar-refractivity contribution in [3.8, 4) is 0 Å². The minimum atomic E-state index is -0.987. The molecule has 1 heterocycles. The van der Waals surface area contributed by atoms with Crippen molar-refractivity contribution in [3.05, 3.63) is 66.0 Å². The van der Waals surface area contributed by atoms with Crippen molar-refractivity contribution >= 4 is 24.3 Å². The second-order valence-corrected chi connectivity index (χ2v) is 5.19. The van der Waals surface area contributed by atoms with E-state index in [1.54, 1.807) is 31.6 Å². The van der Waals surface area contributed by atoms with Gasteiger partial charge in [0.15, 0.2) is 0 Å². The summed E-state index contributed by atoms with van der Waals surface area (Å²) in [5, 5.41) is 11.2. The Morgan fingerprint density at radius 3 is 2.38 bits per heavy atom. The lowest BCUT2D eigenvalue weighted by molar-refractivity contribution is -0.143. The monoisotopic (exact) mass is 381 g/mol. The minimum Gasteiger partial charge on any atom is -0.480 e. The summed E-state index contributed by atoms with van der Waals surface area (Å²) < 4.78 is 4.97. The van der Waals surface area contributed by atoms with Crippen molar-refractivity contribution in [2.75, 3.05) is 13.6 Å². The number of esters is 1. The second-order valence-electron chi connectivity index (χ2n) is 5.19. The summed E-state index contributed by atoms with van der Waals surface area (Å²) in [5.74, 6) is -1.22.